The minimum absolute atomic E-state index is 0.705. The summed E-state index contributed by atoms with van der Waals surface area (Å²) in [6, 6.07) is 0.705. The molecule has 2 rings (SSSR count). The summed E-state index contributed by atoms with van der Waals surface area (Å²) in [5, 5.41) is 3.65. The third-order valence-electron chi connectivity index (χ3n) is 3.60. The molecule has 90 valence electrons. The maximum atomic E-state index is 4.32. The summed E-state index contributed by atoms with van der Waals surface area (Å²) in [7, 11) is 0. The van der Waals surface area contributed by atoms with E-state index in [1.807, 2.05) is 0 Å². The van der Waals surface area contributed by atoms with Crippen LogP contribution in [0.4, 0.5) is 0 Å². The van der Waals surface area contributed by atoms with Crippen LogP contribution in [-0.2, 0) is 6.54 Å². The van der Waals surface area contributed by atoms with E-state index in [0.29, 0.717) is 6.04 Å². The Kier molecular flexibility index (Phi) is 4.40. The van der Waals surface area contributed by atoms with E-state index < -0.39 is 0 Å². The molecule has 0 spiro atoms. The SMILES string of the molecule is Cc1[nH]cnc1CNC1CCCCCCC1. The minimum Gasteiger partial charge on any atom is -0.348 e. The van der Waals surface area contributed by atoms with Crippen molar-refractivity contribution in [3.8, 4) is 0 Å². The van der Waals surface area contributed by atoms with Crippen molar-refractivity contribution in [2.75, 3.05) is 0 Å². The highest BCUT2D eigenvalue weighted by Gasteiger charge is 2.11. The number of imidazole rings is 1. The van der Waals surface area contributed by atoms with Gasteiger partial charge in [-0.25, -0.2) is 4.98 Å². The van der Waals surface area contributed by atoms with E-state index in [4.69, 9.17) is 0 Å². The van der Waals surface area contributed by atoms with Gasteiger partial charge in [-0.15, -0.1) is 0 Å². The molecular formula is C13H23N3. The van der Waals surface area contributed by atoms with Crippen molar-refractivity contribution in [1.29, 1.82) is 0 Å². The summed E-state index contributed by atoms with van der Waals surface area (Å²) >= 11 is 0. The van der Waals surface area contributed by atoms with Crippen molar-refractivity contribution < 1.29 is 0 Å². The third kappa shape index (κ3) is 3.34. The maximum absolute atomic E-state index is 4.32. The van der Waals surface area contributed by atoms with Crippen LogP contribution in [0.2, 0.25) is 0 Å². The Morgan fingerprint density at radius 1 is 1.25 bits per heavy atom. The summed E-state index contributed by atoms with van der Waals surface area (Å²) in [5.41, 5.74) is 2.36. The lowest BCUT2D eigenvalue weighted by atomic mass is 9.97. The molecule has 1 fully saturated rings. The summed E-state index contributed by atoms with van der Waals surface area (Å²) in [4.78, 5) is 7.45. The molecule has 3 nitrogen and oxygen atoms in total. The molecule has 1 aliphatic rings. The van der Waals surface area contributed by atoms with E-state index >= 15 is 0 Å². The second-order valence-electron chi connectivity index (χ2n) is 4.90. The maximum Gasteiger partial charge on any atom is 0.0925 e. The fourth-order valence-electron chi connectivity index (χ4n) is 2.47. The number of hydrogen-bond acceptors (Lipinski definition) is 2. The Morgan fingerprint density at radius 2 is 1.94 bits per heavy atom. The zero-order valence-corrected chi connectivity index (χ0v) is 10.3. The molecule has 0 atom stereocenters. The topological polar surface area (TPSA) is 40.7 Å². The van der Waals surface area contributed by atoms with E-state index in [1.165, 1.54) is 56.3 Å². The molecule has 1 aromatic heterocycles. The van der Waals surface area contributed by atoms with Gasteiger partial charge in [0.1, 0.15) is 0 Å². The van der Waals surface area contributed by atoms with Gasteiger partial charge in [0.25, 0.3) is 0 Å². The predicted molar refractivity (Wildman–Crippen MR) is 66.3 cm³/mol. The lowest BCUT2D eigenvalue weighted by Crippen LogP contribution is -2.29. The number of rotatable bonds is 3. The third-order valence-corrected chi connectivity index (χ3v) is 3.60. The molecule has 1 heterocycles. The van der Waals surface area contributed by atoms with Gasteiger partial charge in [-0.05, 0) is 19.8 Å². The predicted octanol–water partition coefficient (Wildman–Crippen LogP) is 2.92. The van der Waals surface area contributed by atoms with Gasteiger partial charge in [0.2, 0.25) is 0 Å². The molecule has 3 heteroatoms. The van der Waals surface area contributed by atoms with Gasteiger partial charge in [-0.1, -0.05) is 32.1 Å². The summed E-state index contributed by atoms with van der Waals surface area (Å²) in [6.45, 7) is 3.00. The number of H-pyrrole nitrogens is 1. The van der Waals surface area contributed by atoms with Crippen molar-refractivity contribution in [2.24, 2.45) is 0 Å². The highest BCUT2D eigenvalue weighted by atomic mass is 15.0. The fraction of sp³-hybridized carbons (Fsp3) is 0.769. The molecule has 2 N–H and O–H groups in total. The molecular weight excluding hydrogens is 198 g/mol. The van der Waals surface area contributed by atoms with Gasteiger partial charge in [-0.3, -0.25) is 0 Å². The number of aryl methyl sites for hydroxylation is 1. The van der Waals surface area contributed by atoms with Gasteiger partial charge < -0.3 is 10.3 Å². The van der Waals surface area contributed by atoms with E-state index in [2.05, 4.69) is 22.2 Å². The number of aromatic nitrogens is 2. The van der Waals surface area contributed by atoms with Crippen LogP contribution in [0.5, 0.6) is 0 Å². The minimum atomic E-state index is 0.705. The average Bonchev–Trinajstić information content (AvgIpc) is 2.63. The van der Waals surface area contributed by atoms with Crippen LogP contribution in [0, 0.1) is 6.92 Å². The van der Waals surface area contributed by atoms with Crippen molar-refractivity contribution in [3.05, 3.63) is 17.7 Å². The number of hydrogen-bond donors (Lipinski definition) is 2. The van der Waals surface area contributed by atoms with Gasteiger partial charge in [0, 0.05) is 18.3 Å². The van der Waals surface area contributed by atoms with Crippen molar-refractivity contribution >= 4 is 0 Å². The molecule has 0 unspecified atom stereocenters. The second-order valence-corrected chi connectivity index (χ2v) is 4.90. The molecule has 0 bridgehead atoms. The first kappa shape index (κ1) is 11.6. The summed E-state index contributed by atoms with van der Waals surface area (Å²) in [6.07, 6.45) is 11.5. The molecule has 0 aromatic carbocycles. The molecule has 1 aromatic rings. The molecule has 0 radical (unpaired) electrons. The van der Waals surface area contributed by atoms with Gasteiger partial charge >= 0.3 is 0 Å². The largest absolute Gasteiger partial charge is 0.348 e. The molecule has 0 aliphatic heterocycles. The smallest absolute Gasteiger partial charge is 0.0925 e. The Morgan fingerprint density at radius 3 is 2.56 bits per heavy atom. The Labute approximate surface area is 98.1 Å². The summed E-state index contributed by atoms with van der Waals surface area (Å²) in [5.74, 6) is 0. The lowest BCUT2D eigenvalue weighted by Gasteiger charge is -2.20. The standard InChI is InChI=1S/C13H23N3/c1-11-13(16-10-15-11)9-14-12-7-5-3-2-4-6-8-12/h10,12,14H,2-9H2,1H3,(H,15,16). The number of nitrogens with zero attached hydrogens (tertiary/aromatic N) is 1. The first-order chi connectivity index (χ1) is 7.86. The van der Waals surface area contributed by atoms with Gasteiger partial charge in [0.05, 0.1) is 12.0 Å². The van der Waals surface area contributed by atoms with Crippen LogP contribution in [-0.4, -0.2) is 16.0 Å². The van der Waals surface area contributed by atoms with Crippen LogP contribution >= 0.6 is 0 Å². The normalized spacial score (nSPS) is 19.3. The van der Waals surface area contributed by atoms with Crippen molar-refractivity contribution in [1.82, 2.24) is 15.3 Å². The zero-order valence-electron chi connectivity index (χ0n) is 10.3. The van der Waals surface area contributed by atoms with Crippen molar-refractivity contribution in [3.63, 3.8) is 0 Å². The summed E-state index contributed by atoms with van der Waals surface area (Å²) < 4.78 is 0. The Balaban J connectivity index is 1.77. The zero-order chi connectivity index (χ0) is 11.2. The molecule has 1 saturated carbocycles. The molecule has 0 amide bonds. The molecule has 0 saturated heterocycles. The monoisotopic (exact) mass is 221 g/mol. The van der Waals surface area contributed by atoms with Crippen LogP contribution in [0.25, 0.3) is 0 Å². The first-order valence-corrected chi connectivity index (χ1v) is 6.58. The highest BCUT2D eigenvalue weighted by Crippen LogP contribution is 2.17. The van der Waals surface area contributed by atoms with Crippen LogP contribution in [0.15, 0.2) is 6.33 Å². The van der Waals surface area contributed by atoms with E-state index in [9.17, 15) is 0 Å². The second kappa shape index (κ2) is 6.04. The van der Waals surface area contributed by atoms with E-state index in [0.717, 1.165) is 6.54 Å². The Hall–Kier alpha value is -0.830. The molecule has 16 heavy (non-hydrogen) atoms. The van der Waals surface area contributed by atoms with Crippen LogP contribution in [0.1, 0.15) is 56.3 Å². The Bertz CT molecular complexity index is 298. The molecule has 1 aliphatic carbocycles. The average molecular weight is 221 g/mol. The van der Waals surface area contributed by atoms with Crippen LogP contribution in [0.3, 0.4) is 0 Å². The quantitative estimate of drug-likeness (QED) is 0.824. The fourth-order valence-corrected chi connectivity index (χ4v) is 2.47. The first-order valence-electron chi connectivity index (χ1n) is 6.58. The van der Waals surface area contributed by atoms with E-state index in [-0.39, 0.29) is 0 Å². The number of aromatic amines is 1. The van der Waals surface area contributed by atoms with Gasteiger partial charge in [-0.2, -0.15) is 0 Å². The van der Waals surface area contributed by atoms with E-state index in [1.54, 1.807) is 6.33 Å². The highest BCUT2D eigenvalue weighted by molar-refractivity contribution is 5.08. The van der Waals surface area contributed by atoms with Crippen LogP contribution < -0.4 is 5.32 Å². The number of nitrogens with one attached hydrogen (secondary N) is 2. The van der Waals surface area contributed by atoms with Gasteiger partial charge in [0.15, 0.2) is 0 Å². The lowest BCUT2D eigenvalue weighted by molar-refractivity contribution is 0.387. The van der Waals surface area contributed by atoms with Crippen molar-refractivity contribution in [2.45, 2.75) is 64.5 Å².